The maximum Gasteiger partial charge on any atom is 0.223 e. The lowest BCUT2D eigenvalue weighted by molar-refractivity contribution is 0.00182. The molecule has 3 aliphatic rings. The average molecular weight is 211 g/mol. The highest BCUT2D eigenvalue weighted by molar-refractivity contribution is 6.29. The van der Waals surface area contributed by atoms with Crippen molar-refractivity contribution >= 4 is 23.4 Å². The fourth-order valence-corrected chi connectivity index (χ4v) is 2.59. The number of nitrogen functional groups attached to an aromatic ring is 1. The number of nitrogens with two attached hydrogens (primary N) is 1. The molecule has 0 atom stereocenters. The molecule has 1 aromatic heterocycles. The molecule has 0 unspecified atom stereocenters. The van der Waals surface area contributed by atoms with Crippen molar-refractivity contribution in [2.75, 3.05) is 11.1 Å². The Morgan fingerprint density at radius 3 is 2.64 bits per heavy atom. The molecule has 14 heavy (non-hydrogen) atoms. The second-order valence-corrected chi connectivity index (χ2v) is 4.71. The van der Waals surface area contributed by atoms with Crippen LogP contribution in [0.25, 0.3) is 0 Å². The van der Waals surface area contributed by atoms with Crippen LogP contribution in [0.3, 0.4) is 0 Å². The van der Waals surface area contributed by atoms with E-state index in [1.54, 1.807) is 6.07 Å². The third-order valence-corrected chi connectivity index (χ3v) is 3.34. The van der Waals surface area contributed by atoms with Crippen LogP contribution >= 0.6 is 11.6 Å². The van der Waals surface area contributed by atoms with Gasteiger partial charge in [0.05, 0.1) is 0 Å². The minimum absolute atomic E-state index is 0.228. The summed E-state index contributed by atoms with van der Waals surface area (Å²) in [4.78, 5) is 7.91. The number of nitrogens with one attached hydrogen (secondary N) is 1. The summed E-state index contributed by atoms with van der Waals surface area (Å²) in [5, 5.41) is 3.78. The molecule has 0 amide bonds. The monoisotopic (exact) mass is 210 g/mol. The molecule has 0 radical (unpaired) electrons. The first-order valence-corrected chi connectivity index (χ1v) is 5.11. The lowest BCUT2D eigenvalue weighted by Crippen LogP contribution is -2.63. The van der Waals surface area contributed by atoms with Gasteiger partial charge in [-0.25, -0.2) is 4.98 Å². The summed E-state index contributed by atoms with van der Waals surface area (Å²) >= 11 is 5.78. The quantitative estimate of drug-likeness (QED) is 0.729. The first-order valence-electron chi connectivity index (χ1n) is 4.73. The van der Waals surface area contributed by atoms with Crippen molar-refractivity contribution in [1.29, 1.82) is 0 Å². The van der Waals surface area contributed by atoms with Gasteiger partial charge in [0.1, 0.15) is 11.0 Å². The topological polar surface area (TPSA) is 63.8 Å². The second-order valence-electron chi connectivity index (χ2n) is 4.32. The van der Waals surface area contributed by atoms with E-state index >= 15 is 0 Å². The number of aromatic nitrogens is 2. The molecule has 2 bridgehead atoms. The molecular weight excluding hydrogens is 200 g/mol. The Labute approximate surface area is 86.9 Å². The van der Waals surface area contributed by atoms with Crippen LogP contribution in [0.4, 0.5) is 11.8 Å². The van der Waals surface area contributed by atoms with Crippen LogP contribution in [-0.2, 0) is 0 Å². The summed E-state index contributed by atoms with van der Waals surface area (Å²) in [6, 6.07) is 1.72. The normalized spacial score (nSPS) is 33.1. The van der Waals surface area contributed by atoms with Crippen LogP contribution in [-0.4, -0.2) is 15.5 Å². The Morgan fingerprint density at radius 1 is 1.43 bits per heavy atom. The highest BCUT2D eigenvalue weighted by Crippen LogP contribution is 2.58. The first kappa shape index (κ1) is 8.29. The lowest BCUT2D eigenvalue weighted by Gasteiger charge is -2.62. The summed E-state index contributed by atoms with van der Waals surface area (Å²) in [7, 11) is 0. The van der Waals surface area contributed by atoms with Crippen molar-refractivity contribution < 1.29 is 0 Å². The molecule has 0 aromatic carbocycles. The minimum atomic E-state index is 0.228. The molecule has 0 aliphatic heterocycles. The molecule has 4 rings (SSSR count). The summed E-state index contributed by atoms with van der Waals surface area (Å²) in [6.45, 7) is 0. The molecule has 3 saturated carbocycles. The van der Waals surface area contributed by atoms with Gasteiger partial charge in [-0.05, 0) is 25.2 Å². The number of rotatable bonds is 2. The molecule has 1 heterocycles. The Hall–Kier alpha value is -1.03. The Bertz CT molecular complexity index is 355. The van der Waals surface area contributed by atoms with Gasteiger partial charge >= 0.3 is 0 Å². The largest absolute Gasteiger partial charge is 0.368 e. The van der Waals surface area contributed by atoms with Gasteiger partial charge in [-0.15, -0.1) is 0 Å². The molecule has 0 spiro atoms. The van der Waals surface area contributed by atoms with Crippen LogP contribution in [0.2, 0.25) is 5.15 Å². The summed E-state index contributed by atoms with van der Waals surface area (Å²) in [5.41, 5.74) is 5.80. The van der Waals surface area contributed by atoms with Crippen molar-refractivity contribution in [3.8, 4) is 0 Å². The smallest absolute Gasteiger partial charge is 0.223 e. The van der Waals surface area contributed by atoms with Gasteiger partial charge in [0.2, 0.25) is 5.95 Å². The number of halogens is 1. The van der Waals surface area contributed by atoms with E-state index < -0.39 is 0 Å². The SMILES string of the molecule is Nc1nc(Cl)cc(NC23CC(C2)C3)n1. The first-order chi connectivity index (χ1) is 6.65. The van der Waals surface area contributed by atoms with Crippen molar-refractivity contribution in [2.45, 2.75) is 24.8 Å². The second kappa shape index (κ2) is 2.51. The predicted octanol–water partition coefficient (Wildman–Crippen LogP) is 1.68. The lowest BCUT2D eigenvalue weighted by atomic mass is 9.50. The van der Waals surface area contributed by atoms with Gasteiger partial charge < -0.3 is 11.1 Å². The van der Waals surface area contributed by atoms with Crippen molar-refractivity contribution in [3.05, 3.63) is 11.2 Å². The number of anilines is 2. The van der Waals surface area contributed by atoms with Gasteiger partial charge in [-0.1, -0.05) is 11.6 Å². The summed E-state index contributed by atoms with van der Waals surface area (Å²) < 4.78 is 0. The van der Waals surface area contributed by atoms with Crippen LogP contribution in [0.5, 0.6) is 0 Å². The fraction of sp³-hybridized carbons (Fsp3) is 0.556. The molecule has 5 heteroatoms. The van der Waals surface area contributed by atoms with E-state index in [1.165, 1.54) is 19.3 Å². The summed E-state index contributed by atoms with van der Waals surface area (Å²) in [5.74, 6) is 1.92. The van der Waals surface area contributed by atoms with Crippen molar-refractivity contribution in [3.63, 3.8) is 0 Å². The average Bonchev–Trinajstić information content (AvgIpc) is 1.92. The maximum absolute atomic E-state index is 5.78. The zero-order valence-electron chi connectivity index (χ0n) is 7.63. The van der Waals surface area contributed by atoms with E-state index in [2.05, 4.69) is 15.3 Å². The highest BCUT2D eigenvalue weighted by Gasteiger charge is 2.56. The van der Waals surface area contributed by atoms with Crippen LogP contribution in [0, 0.1) is 5.92 Å². The Kier molecular flexibility index (Phi) is 1.49. The molecule has 4 nitrogen and oxygen atoms in total. The molecular formula is C9H11ClN4. The molecule has 1 aromatic rings. The molecule has 3 fully saturated rings. The number of hydrogen-bond acceptors (Lipinski definition) is 4. The fourth-order valence-electron chi connectivity index (χ4n) is 2.40. The van der Waals surface area contributed by atoms with Gasteiger partial charge in [0.15, 0.2) is 0 Å². The van der Waals surface area contributed by atoms with Gasteiger partial charge in [0.25, 0.3) is 0 Å². The molecule has 3 N–H and O–H groups in total. The van der Waals surface area contributed by atoms with E-state index in [4.69, 9.17) is 17.3 Å². The number of hydrogen-bond donors (Lipinski definition) is 2. The third-order valence-electron chi connectivity index (χ3n) is 3.14. The van der Waals surface area contributed by atoms with Crippen LogP contribution < -0.4 is 11.1 Å². The van der Waals surface area contributed by atoms with Gasteiger partial charge in [-0.3, -0.25) is 0 Å². The van der Waals surface area contributed by atoms with Crippen LogP contribution in [0.15, 0.2) is 6.07 Å². The third kappa shape index (κ3) is 1.14. The van der Waals surface area contributed by atoms with E-state index in [0.717, 1.165) is 11.7 Å². The van der Waals surface area contributed by atoms with Gasteiger partial charge in [-0.2, -0.15) is 4.98 Å². The predicted molar refractivity (Wildman–Crippen MR) is 55.1 cm³/mol. The Balaban J connectivity index is 1.82. The van der Waals surface area contributed by atoms with Crippen molar-refractivity contribution in [1.82, 2.24) is 9.97 Å². The standard InChI is InChI=1S/C9H11ClN4/c10-6-1-7(13-8(11)12-6)14-9-2-5(3-9)4-9/h1,5H,2-4H2,(H3,11,12,13,14). The van der Waals surface area contributed by atoms with Crippen LogP contribution in [0.1, 0.15) is 19.3 Å². The summed E-state index contributed by atoms with van der Waals surface area (Å²) in [6.07, 6.45) is 3.78. The van der Waals surface area contributed by atoms with E-state index in [-0.39, 0.29) is 5.95 Å². The van der Waals surface area contributed by atoms with Gasteiger partial charge in [0, 0.05) is 11.6 Å². The van der Waals surface area contributed by atoms with E-state index in [1.807, 2.05) is 0 Å². The minimum Gasteiger partial charge on any atom is -0.368 e. The van der Waals surface area contributed by atoms with E-state index in [0.29, 0.717) is 10.7 Å². The van der Waals surface area contributed by atoms with E-state index in [9.17, 15) is 0 Å². The maximum atomic E-state index is 5.78. The zero-order chi connectivity index (χ0) is 9.76. The number of nitrogens with zero attached hydrogens (tertiary/aromatic N) is 2. The Morgan fingerprint density at radius 2 is 2.14 bits per heavy atom. The highest BCUT2D eigenvalue weighted by atomic mass is 35.5. The van der Waals surface area contributed by atoms with Crippen molar-refractivity contribution in [2.24, 2.45) is 5.92 Å². The molecule has 74 valence electrons. The molecule has 0 saturated heterocycles. The zero-order valence-corrected chi connectivity index (χ0v) is 8.38. The molecule has 3 aliphatic carbocycles.